The number of aromatic nitrogens is 2. The first-order chi connectivity index (χ1) is 21.1. The van der Waals surface area contributed by atoms with E-state index in [0.29, 0.717) is 24.4 Å². The molecule has 1 fully saturated rings. The van der Waals surface area contributed by atoms with E-state index in [4.69, 9.17) is 28.8 Å². The van der Waals surface area contributed by atoms with Crippen LogP contribution in [-0.4, -0.2) is 44.9 Å². The smallest absolute Gasteiger partial charge is 0.280 e. The number of rotatable bonds is 16. The quantitative estimate of drug-likeness (QED) is 0.0633. The molecular formula is C32H48ClN7O4. The molecule has 0 spiro atoms. The van der Waals surface area contributed by atoms with Gasteiger partial charge in [0, 0.05) is 18.5 Å². The number of aromatic hydroxyl groups is 1. The molecule has 1 aliphatic carbocycles. The highest BCUT2D eigenvalue weighted by molar-refractivity contribution is 6.31. The number of nitrogen functional groups attached to an aromatic ring is 2. The third-order valence-corrected chi connectivity index (χ3v) is 8.94. The van der Waals surface area contributed by atoms with Crippen molar-refractivity contribution in [2.75, 3.05) is 18.0 Å². The Kier molecular flexibility index (Phi) is 14.1. The van der Waals surface area contributed by atoms with Gasteiger partial charge in [-0.15, -0.1) is 0 Å². The van der Waals surface area contributed by atoms with Crippen molar-refractivity contribution in [3.05, 3.63) is 40.2 Å². The van der Waals surface area contributed by atoms with Gasteiger partial charge in [-0.1, -0.05) is 82.4 Å². The zero-order chi connectivity index (χ0) is 32.1. The van der Waals surface area contributed by atoms with Crippen molar-refractivity contribution in [1.29, 1.82) is 0 Å². The molecule has 9 N–H and O–H groups in total. The molecule has 44 heavy (non-hydrogen) atoms. The molecule has 0 unspecified atom stereocenters. The van der Waals surface area contributed by atoms with Crippen LogP contribution in [0.2, 0.25) is 5.15 Å². The molecule has 1 aliphatic rings. The van der Waals surface area contributed by atoms with Crippen LogP contribution in [0, 0.1) is 17.8 Å². The number of hydrogen-bond acceptors (Lipinski definition) is 9. The first-order valence-corrected chi connectivity index (χ1v) is 16.1. The van der Waals surface area contributed by atoms with Gasteiger partial charge in [-0.25, -0.2) is 9.97 Å². The first-order valence-electron chi connectivity index (χ1n) is 15.7. The third kappa shape index (κ3) is 11.2. The lowest BCUT2D eigenvalue weighted by molar-refractivity contribution is -0.107. The molecule has 1 amide bonds. The van der Waals surface area contributed by atoms with Crippen molar-refractivity contribution >= 4 is 41.4 Å². The van der Waals surface area contributed by atoms with Crippen molar-refractivity contribution < 1.29 is 19.8 Å². The zero-order valence-electron chi connectivity index (χ0n) is 25.7. The standard InChI is InChI=1S/C32H48ClN7O4/c1-20(8-14-25(42)23-13-15-26(43)24(19-23)16-18-41)5-4-7-22-11-9-21(10-12-22)6-2-3-17-37-32(36)40-31(44)27-29(34)39-30(35)28(33)38-27/h13,15,18-22,25,42-43H,2-12,14,16-17H2,1H3,(H4,34,35,39)(H3,36,37,40,44)/t20-,21?,22?,25+/m1/s1. The molecule has 11 nitrogen and oxygen atoms in total. The summed E-state index contributed by atoms with van der Waals surface area (Å²) in [4.78, 5) is 35.0. The minimum Gasteiger partial charge on any atom is -0.508 e. The molecule has 1 heterocycles. The Morgan fingerprint density at radius 3 is 2.43 bits per heavy atom. The molecule has 1 aromatic carbocycles. The fraction of sp³-hybridized carbons (Fsp3) is 0.594. The third-order valence-electron chi connectivity index (χ3n) is 8.66. The number of carbonyl (C=O) groups is 2. The van der Waals surface area contributed by atoms with Crippen molar-refractivity contribution in [1.82, 2.24) is 15.3 Å². The van der Waals surface area contributed by atoms with E-state index in [2.05, 4.69) is 27.2 Å². The summed E-state index contributed by atoms with van der Waals surface area (Å²) in [6.45, 7) is 2.78. The second-order valence-electron chi connectivity index (χ2n) is 12.1. The monoisotopic (exact) mass is 629 g/mol. The van der Waals surface area contributed by atoms with E-state index in [1.165, 1.54) is 44.9 Å². The van der Waals surface area contributed by atoms with E-state index < -0.39 is 12.0 Å². The Hall–Kier alpha value is -3.44. The van der Waals surface area contributed by atoms with E-state index in [0.717, 1.165) is 49.4 Å². The van der Waals surface area contributed by atoms with E-state index in [1.807, 2.05) is 0 Å². The van der Waals surface area contributed by atoms with Crippen molar-refractivity contribution in [3.63, 3.8) is 0 Å². The number of unbranched alkanes of at least 4 members (excludes halogenated alkanes) is 1. The maximum atomic E-state index is 12.3. The number of phenolic OH excluding ortho intramolecular Hbond substituents is 1. The molecule has 0 bridgehead atoms. The minimum absolute atomic E-state index is 0.00262. The number of nitrogens with two attached hydrogens (primary N) is 3. The van der Waals surface area contributed by atoms with Crippen LogP contribution in [0.3, 0.4) is 0 Å². The average molecular weight is 630 g/mol. The lowest BCUT2D eigenvalue weighted by atomic mass is 9.77. The van der Waals surface area contributed by atoms with Crippen LogP contribution in [0.5, 0.6) is 5.75 Å². The van der Waals surface area contributed by atoms with Gasteiger partial charge in [-0.3, -0.25) is 15.1 Å². The summed E-state index contributed by atoms with van der Waals surface area (Å²) >= 11 is 5.82. The van der Waals surface area contributed by atoms with Crippen LogP contribution in [-0.2, 0) is 11.2 Å². The van der Waals surface area contributed by atoms with Gasteiger partial charge >= 0.3 is 0 Å². The summed E-state index contributed by atoms with van der Waals surface area (Å²) in [7, 11) is 0. The minimum atomic E-state index is -0.639. The largest absolute Gasteiger partial charge is 0.508 e. The van der Waals surface area contributed by atoms with Crippen LogP contribution < -0.4 is 22.5 Å². The number of carbonyl (C=O) groups excluding carboxylic acids is 2. The van der Waals surface area contributed by atoms with Gasteiger partial charge in [-0.05, 0) is 54.7 Å². The molecule has 3 rings (SSSR count). The van der Waals surface area contributed by atoms with Crippen molar-refractivity contribution in [2.24, 2.45) is 28.5 Å². The topological polar surface area (TPSA) is 203 Å². The first kappa shape index (κ1) is 35.0. The lowest BCUT2D eigenvalue weighted by Crippen LogP contribution is -2.38. The second-order valence-corrected chi connectivity index (χ2v) is 12.5. The van der Waals surface area contributed by atoms with E-state index in [-0.39, 0.29) is 40.6 Å². The van der Waals surface area contributed by atoms with Gasteiger partial charge < -0.3 is 32.2 Å². The Morgan fingerprint density at radius 1 is 1.07 bits per heavy atom. The van der Waals surface area contributed by atoms with Crippen LogP contribution in [0.1, 0.15) is 112 Å². The highest BCUT2D eigenvalue weighted by Gasteiger charge is 2.21. The maximum absolute atomic E-state index is 12.3. The molecular weight excluding hydrogens is 582 g/mol. The van der Waals surface area contributed by atoms with Crippen molar-refractivity contribution in [3.8, 4) is 5.75 Å². The number of phenols is 1. The van der Waals surface area contributed by atoms with Crippen LogP contribution in [0.4, 0.5) is 11.6 Å². The summed E-state index contributed by atoms with van der Waals surface area (Å²) < 4.78 is 0. The highest BCUT2D eigenvalue weighted by Crippen LogP contribution is 2.35. The fourth-order valence-corrected chi connectivity index (χ4v) is 6.08. The number of hydrogen-bond donors (Lipinski definition) is 6. The summed E-state index contributed by atoms with van der Waals surface area (Å²) in [6, 6.07) is 5.02. The van der Waals surface area contributed by atoms with Gasteiger partial charge in [0.15, 0.2) is 28.4 Å². The Morgan fingerprint density at radius 2 is 1.75 bits per heavy atom. The van der Waals surface area contributed by atoms with Crippen LogP contribution in [0.15, 0.2) is 23.2 Å². The number of guanidine groups is 1. The Balaban J connectivity index is 1.24. The molecule has 242 valence electrons. The molecule has 0 saturated heterocycles. The SMILES string of the molecule is C[C@H](CCCC1CCC(CCCCN=C(N)NC(=O)c2nc(Cl)c(N)nc2N)CC1)CC[C@H](O)c1ccc(O)c(CC=O)c1. The molecule has 12 heteroatoms. The maximum Gasteiger partial charge on any atom is 0.280 e. The zero-order valence-corrected chi connectivity index (χ0v) is 26.4. The van der Waals surface area contributed by atoms with Crippen LogP contribution in [0.25, 0.3) is 0 Å². The van der Waals surface area contributed by atoms with Gasteiger partial charge in [-0.2, -0.15) is 0 Å². The van der Waals surface area contributed by atoms with Gasteiger partial charge in [0.05, 0.1) is 6.10 Å². The fourth-order valence-electron chi connectivity index (χ4n) is 5.95. The molecule has 1 saturated carbocycles. The number of anilines is 2. The molecule has 1 aromatic heterocycles. The number of aliphatic imine (C=N–C) groups is 1. The number of benzene rings is 1. The highest BCUT2D eigenvalue weighted by atomic mass is 35.5. The predicted molar refractivity (Wildman–Crippen MR) is 174 cm³/mol. The summed E-state index contributed by atoms with van der Waals surface area (Å²) in [6.07, 6.45) is 13.9. The predicted octanol–water partition coefficient (Wildman–Crippen LogP) is 5.08. The molecule has 2 atom stereocenters. The number of amides is 1. The Bertz CT molecular complexity index is 1270. The number of nitrogens with zero attached hydrogens (tertiary/aromatic N) is 3. The number of aliphatic hydroxyl groups is 1. The van der Waals surface area contributed by atoms with Crippen molar-refractivity contribution in [2.45, 2.75) is 96.5 Å². The molecule has 2 aromatic rings. The number of halogens is 1. The summed E-state index contributed by atoms with van der Waals surface area (Å²) in [5.74, 6) is 1.38. The van der Waals surface area contributed by atoms with E-state index >= 15 is 0 Å². The van der Waals surface area contributed by atoms with Gasteiger partial charge in [0.2, 0.25) is 0 Å². The molecule has 0 aliphatic heterocycles. The lowest BCUT2D eigenvalue weighted by Gasteiger charge is -2.29. The summed E-state index contributed by atoms with van der Waals surface area (Å²) in [5.41, 5.74) is 18.2. The Labute approximate surface area is 265 Å². The normalized spacial score (nSPS) is 18.5. The number of nitrogens with one attached hydrogen (secondary N) is 1. The average Bonchev–Trinajstić information content (AvgIpc) is 2.99. The van der Waals surface area contributed by atoms with Gasteiger partial charge in [0.1, 0.15) is 12.0 Å². The second kappa shape index (κ2) is 17.8. The number of aliphatic hydroxyl groups excluding tert-OH is 1. The number of aldehydes is 1. The van der Waals surface area contributed by atoms with Gasteiger partial charge in [0.25, 0.3) is 5.91 Å². The summed E-state index contributed by atoms with van der Waals surface area (Å²) in [5, 5.41) is 22.8. The van der Waals surface area contributed by atoms with E-state index in [9.17, 15) is 19.8 Å². The van der Waals surface area contributed by atoms with E-state index in [1.54, 1.807) is 18.2 Å². The molecule has 0 radical (unpaired) electrons. The van der Waals surface area contributed by atoms with Crippen LogP contribution >= 0.6 is 11.6 Å².